The maximum Gasteiger partial charge on any atom is 0.337 e. The Morgan fingerprint density at radius 2 is 1.76 bits per heavy atom. The number of imidazole rings is 1. The lowest BCUT2D eigenvalue weighted by atomic mass is 10.1. The van der Waals surface area contributed by atoms with Crippen LogP contribution in [-0.4, -0.2) is 33.6 Å². The Labute approximate surface area is 197 Å². The quantitative estimate of drug-likeness (QED) is 0.418. The summed E-state index contributed by atoms with van der Waals surface area (Å²) in [6, 6.07) is 15.8. The van der Waals surface area contributed by atoms with Crippen molar-refractivity contribution in [1.82, 2.24) is 18.8 Å². The number of carbonyl (C=O) groups is 1. The fourth-order valence-electron chi connectivity index (χ4n) is 3.41. The molecule has 34 heavy (non-hydrogen) atoms. The average molecular weight is 475 g/mol. The van der Waals surface area contributed by atoms with Gasteiger partial charge in [0.05, 0.1) is 17.4 Å². The Balaban J connectivity index is 1.53. The Morgan fingerprint density at radius 1 is 1.06 bits per heavy atom. The second-order valence-electron chi connectivity index (χ2n) is 7.57. The fraction of sp³-hybridized carbons (Fsp3) is 0.120. The maximum atomic E-state index is 12.5. The van der Waals surface area contributed by atoms with Crippen molar-refractivity contribution in [2.24, 2.45) is 7.05 Å². The Bertz CT molecular complexity index is 1510. The third kappa shape index (κ3) is 4.78. The summed E-state index contributed by atoms with van der Waals surface area (Å²) in [6.07, 6.45) is 4.88. The first-order valence-electron chi connectivity index (χ1n) is 10.3. The number of rotatable bonds is 6. The van der Waals surface area contributed by atoms with Gasteiger partial charge in [-0.05, 0) is 48.9 Å². The van der Waals surface area contributed by atoms with E-state index in [1.165, 1.54) is 10.8 Å². The zero-order chi connectivity index (χ0) is 24.3. The standard InChI is InChI=1S/C25H22N4O4S/c1-18-26-17-23(28(18)2)34(32,33)27-16-20-10-8-19(9-11-20)12-13-21-6-5-7-22(25(30)31)24(21)29-14-3-4-15-29/h3-11,14-15,17,27H,16H2,1-2H3,(H,30,31). The van der Waals surface area contributed by atoms with Gasteiger partial charge in [-0.25, -0.2) is 22.9 Å². The van der Waals surface area contributed by atoms with Crippen LogP contribution in [-0.2, 0) is 23.6 Å². The molecule has 0 saturated heterocycles. The smallest absolute Gasteiger partial charge is 0.337 e. The number of nitrogens with zero attached hydrogens (tertiary/aromatic N) is 3. The Morgan fingerprint density at radius 3 is 2.38 bits per heavy atom. The van der Waals surface area contributed by atoms with Crippen molar-refractivity contribution < 1.29 is 18.3 Å². The van der Waals surface area contributed by atoms with Crippen molar-refractivity contribution in [2.75, 3.05) is 0 Å². The molecule has 0 radical (unpaired) electrons. The Hall–Kier alpha value is -4.13. The van der Waals surface area contributed by atoms with Crippen LogP contribution in [0.3, 0.4) is 0 Å². The molecule has 0 amide bonds. The summed E-state index contributed by atoms with van der Waals surface area (Å²) in [5.74, 6) is 5.70. The van der Waals surface area contributed by atoms with Gasteiger partial charge in [-0.15, -0.1) is 0 Å². The number of aryl methyl sites for hydroxylation is 1. The van der Waals surface area contributed by atoms with Gasteiger partial charge < -0.3 is 14.2 Å². The number of benzene rings is 2. The minimum atomic E-state index is -3.69. The van der Waals surface area contributed by atoms with Crippen molar-refractivity contribution in [3.8, 4) is 17.5 Å². The van der Waals surface area contributed by atoms with E-state index in [-0.39, 0.29) is 17.1 Å². The minimum absolute atomic E-state index is 0.106. The molecule has 2 aromatic heterocycles. The summed E-state index contributed by atoms with van der Waals surface area (Å²) in [7, 11) is -2.04. The number of sulfonamides is 1. The molecule has 2 N–H and O–H groups in total. The summed E-state index contributed by atoms with van der Waals surface area (Å²) in [5.41, 5.74) is 2.74. The zero-order valence-electron chi connectivity index (χ0n) is 18.6. The maximum absolute atomic E-state index is 12.5. The number of nitrogens with one attached hydrogen (secondary N) is 1. The van der Waals surface area contributed by atoms with E-state index in [9.17, 15) is 18.3 Å². The predicted molar refractivity (Wildman–Crippen MR) is 127 cm³/mol. The van der Waals surface area contributed by atoms with E-state index in [4.69, 9.17) is 0 Å². The SMILES string of the molecule is Cc1ncc(S(=O)(=O)NCc2ccc(C#Cc3cccc(C(=O)O)c3-n3cccc3)cc2)n1C. The number of aromatic carboxylic acids is 1. The molecule has 0 fully saturated rings. The largest absolute Gasteiger partial charge is 0.478 e. The Kier molecular flexibility index (Phi) is 6.36. The predicted octanol–water partition coefficient (Wildman–Crippen LogP) is 3.10. The highest BCUT2D eigenvalue weighted by Crippen LogP contribution is 2.20. The third-order valence-electron chi connectivity index (χ3n) is 5.34. The van der Waals surface area contributed by atoms with Gasteiger partial charge in [-0.2, -0.15) is 0 Å². The first-order chi connectivity index (χ1) is 16.3. The van der Waals surface area contributed by atoms with E-state index in [0.29, 0.717) is 22.6 Å². The molecule has 0 aliphatic rings. The molecule has 172 valence electrons. The van der Waals surface area contributed by atoms with Crippen LogP contribution >= 0.6 is 0 Å². The van der Waals surface area contributed by atoms with Crippen LogP contribution in [0.25, 0.3) is 5.69 Å². The van der Waals surface area contributed by atoms with Crippen LogP contribution in [0, 0.1) is 18.8 Å². The molecule has 0 unspecified atom stereocenters. The van der Waals surface area contributed by atoms with Gasteiger partial charge in [-0.1, -0.05) is 30.0 Å². The molecule has 4 aromatic rings. The van der Waals surface area contributed by atoms with Crippen molar-refractivity contribution in [3.63, 3.8) is 0 Å². The monoisotopic (exact) mass is 474 g/mol. The van der Waals surface area contributed by atoms with Gasteiger partial charge in [0.25, 0.3) is 10.0 Å². The molecule has 0 atom stereocenters. The van der Waals surface area contributed by atoms with Gasteiger partial charge >= 0.3 is 5.97 Å². The fourth-order valence-corrected chi connectivity index (χ4v) is 4.60. The van der Waals surface area contributed by atoms with Crippen LogP contribution in [0.4, 0.5) is 0 Å². The first-order valence-corrected chi connectivity index (χ1v) is 11.8. The lowest BCUT2D eigenvalue weighted by Crippen LogP contribution is -2.25. The minimum Gasteiger partial charge on any atom is -0.478 e. The molecular weight excluding hydrogens is 452 g/mol. The van der Waals surface area contributed by atoms with E-state index in [1.54, 1.807) is 73.4 Å². The molecule has 2 aromatic carbocycles. The number of carboxylic acid groups (broad SMARTS) is 1. The van der Waals surface area contributed by atoms with Gasteiger partial charge in [-0.3, -0.25) is 0 Å². The van der Waals surface area contributed by atoms with Crippen LogP contribution < -0.4 is 4.72 Å². The van der Waals surface area contributed by atoms with Crippen molar-refractivity contribution >= 4 is 16.0 Å². The van der Waals surface area contributed by atoms with Gasteiger partial charge in [0.1, 0.15) is 5.82 Å². The highest BCUT2D eigenvalue weighted by atomic mass is 32.2. The van der Waals surface area contributed by atoms with Crippen molar-refractivity contribution in [3.05, 3.63) is 101 Å². The van der Waals surface area contributed by atoms with E-state index >= 15 is 0 Å². The molecule has 0 aliphatic carbocycles. The number of para-hydroxylation sites is 1. The summed E-state index contributed by atoms with van der Waals surface area (Å²) in [5, 5.41) is 9.69. The number of aromatic nitrogens is 3. The van der Waals surface area contributed by atoms with E-state index in [0.717, 1.165) is 5.56 Å². The molecule has 0 spiro atoms. The second kappa shape index (κ2) is 9.39. The molecule has 0 bridgehead atoms. The molecule has 8 nitrogen and oxygen atoms in total. The molecule has 2 heterocycles. The molecular formula is C25H22N4O4S. The number of hydrogen-bond acceptors (Lipinski definition) is 4. The summed E-state index contributed by atoms with van der Waals surface area (Å²) in [4.78, 5) is 15.7. The highest BCUT2D eigenvalue weighted by Gasteiger charge is 2.19. The third-order valence-corrected chi connectivity index (χ3v) is 6.80. The molecule has 0 aliphatic heterocycles. The highest BCUT2D eigenvalue weighted by molar-refractivity contribution is 7.89. The number of carboxylic acids is 1. The van der Waals surface area contributed by atoms with Crippen molar-refractivity contribution in [2.45, 2.75) is 18.5 Å². The summed E-state index contributed by atoms with van der Waals surface area (Å²) < 4.78 is 30.9. The van der Waals surface area contributed by atoms with Crippen LogP contribution in [0.1, 0.15) is 32.9 Å². The first kappa shape index (κ1) is 23.0. The molecule has 0 saturated carbocycles. The van der Waals surface area contributed by atoms with Gasteiger partial charge in [0, 0.05) is 37.1 Å². The average Bonchev–Trinajstić information content (AvgIpc) is 3.47. The van der Waals surface area contributed by atoms with E-state index < -0.39 is 16.0 Å². The number of hydrogen-bond donors (Lipinski definition) is 2. The molecule has 9 heteroatoms. The summed E-state index contributed by atoms with van der Waals surface area (Å²) in [6.45, 7) is 1.86. The topological polar surface area (TPSA) is 106 Å². The van der Waals surface area contributed by atoms with E-state index in [2.05, 4.69) is 21.5 Å². The zero-order valence-corrected chi connectivity index (χ0v) is 19.4. The van der Waals surface area contributed by atoms with Crippen LogP contribution in [0.5, 0.6) is 0 Å². The lowest BCUT2D eigenvalue weighted by molar-refractivity contribution is 0.0697. The second-order valence-corrected chi connectivity index (χ2v) is 9.29. The van der Waals surface area contributed by atoms with Crippen LogP contribution in [0.15, 0.2) is 78.2 Å². The van der Waals surface area contributed by atoms with Gasteiger partial charge in [0.2, 0.25) is 0 Å². The van der Waals surface area contributed by atoms with Gasteiger partial charge in [0.15, 0.2) is 5.03 Å². The lowest BCUT2D eigenvalue weighted by Gasteiger charge is -2.10. The molecule has 4 rings (SSSR count). The normalized spacial score (nSPS) is 11.1. The summed E-state index contributed by atoms with van der Waals surface area (Å²) >= 11 is 0. The van der Waals surface area contributed by atoms with E-state index in [1.807, 2.05) is 12.1 Å². The van der Waals surface area contributed by atoms with Crippen LogP contribution in [0.2, 0.25) is 0 Å². The van der Waals surface area contributed by atoms with Crippen molar-refractivity contribution in [1.29, 1.82) is 0 Å².